The summed E-state index contributed by atoms with van der Waals surface area (Å²) in [5, 5.41) is 3.20. The van der Waals surface area contributed by atoms with Gasteiger partial charge in [-0.25, -0.2) is 12.7 Å². The molecule has 1 aliphatic rings. The zero-order valence-electron chi connectivity index (χ0n) is 15.6. The second-order valence-corrected chi connectivity index (χ2v) is 8.16. The fourth-order valence-electron chi connectivity index (χ4n) is 2.32. The van der Waals surface area contributed by atoms with Crippen LogP contribution < -0.4 is 5.32 Å². The van der Waals surface area contributed by atoms with Crippen LogP contribution in [0, 0.1) is 5.92 Å². The normalized spacial score (nSPS) is 15.8. The Balaban J connectivity index is 2.44. The third-order valence-corrected chi connectivity index (χ3v) is 6.03. The van der Waals surface area contributed by atoms with Gasteiger partial charge >= 0.3 is 0 Å². The SMILES string of the molecule is CCNC(=NCCS(=O)(=O)N(CC)CC)N(C)CCOCC1CC1. The molecular weight excluding hydrogens is 328 g/mol. The first-order valence-corrected chi connectivity index (χ1v) is 10.6. The van der Waals surface area contributed by atoms with Crippen molar-refractivity contribution >= 4 is 16.0 Å². The van der Waals surface area contributed by atoms with Crippen molar-refractivity contribution in [1.29, 1.82) is 0 Å². The molecule has 0 atom stereocenters. The zero-order valence-corrected chi connectivity index (χ0v) is 16.4. The van der Waals surface area contributed by atoms with Crippen LogP contribution in [0.4, 0.5) is 0 Å². The predicted octanol–water partition coefficient (Wildman–Crippen LogP) is 0.982. The molecule has 0 radical (unpaired) electrons. The molecule has 0 saturated heterocycles. The predicted molar refractivity (Wildman–Crippen MR) is 98.9 cm³/mol. The van der Waals surface area contributed by atoms with Gasteiger partial charge in [0, 0.05) is 39.8 Å². The number of guanidine groups is 1. The molecule has 0 aromatic rings. The topological polar surface area (TPSA) is 74.2 Å². The van der Waals surface area contributed by atoms with Gasteiger partial charge < -0.3 is 15.0 Å². The maximum absolute atomic E-state index is 12.2. The minimum atomic E-state index is -3.23. The maximum atomic E-state index is 12.2. The second-order valence-electron chi connectivity index (χ2n) is 6.08. The lowest BCUT2D eigenvalue weighted by atomic mass is 10.5. The average molecular weight is 363 g/mol. The molecule has 0 spiro atoms. The molecule has 0 amide bonds. The van der Waals surface area contributed by atoms with E-state index in [1.165, 1.54) is 17.1 Å². The first-order valence-electron chi connectivity index (χ1n) is 8.99. The van der Waals surface area contributed by atoms with Crippen molar-refractivity contribution in [3.63, 3.8) is 0 Å². The molecule has 0 aromatic heterocycles. The lowest BCUT2D eigenvalue weighted by Crippen LogP contribution is -2.41. The Labute approximate surface area is 147 Å². The quantitative estimate of drug-likeness (QED) is 0.318. The molecule has 1 rings (SSSR count). The monoisotopic (exact) mass is 362 g/mol. The summed E-state index contributed by atoms with van der Waals surface area (Å²) < 4.78 is 31.5. The van der Waals surface area contributed by atoms with Gasteiger partial charge in [0.2, 0.25) is 10.0 Å². The van der Waals surface area contributed by atoms with Gasteiger partial charge in [0.15, 0.2) is 5.96 Å². The third-order valence-electron chi connectivity index (χ3n) is 4.03. The van der Waals surface area contributed by atoms with Crippen LogP contribution in [0.2, 0.25) is 0 Å². The Morgan fingerprint density at radius 1 is 1.25 bits per heavy atom. The first-order chi connectivity index (χ1) is 11.4. The summed E-state index contributed by atoms with van der Waals surface area (Å²) in [6.07, 6.45) is 2.59. The van der Waals surface area contributed by atoms with Crippen LogP contribution in [0.5, 0.6) is 0 Å². The molecule has 8 heteroatoms. The number of nitrogens with zero attached hydrogens (tertiary/aromatic N) is 3. The van der Waals surface area contributed by atoms with E-state index in [0.717, 1.165) is 31.6 Å². The fourth-order valence-corrected chi connectivity index (χ4v) is 3.69. The number of nitrogens with one attached hydrogen (secondary N) is 1. The van der Waals surface area contributed by atoms with Crippen molar-refractivity contribution in [3.05, 3.63) is 0 Å². The molecule has 24 heavy (non-hydrogen) atoms. The number of hydrogen-bond donors (Lipinski definition) is 1. The zero-order chi connectivity index (χ0) is 18.0. The Morgan fingerprint density at radius 2 is 1.92 bits per heavy atom. The molecule has 1 aliphatic carbocycles. The minimum absolute atomic E-state index is 0.0373. The van der Waals surface area contributed by atoms with Gasteiger partial charge in [-0.1, -0.05) is 13.8 Å². The highest BCUT2D eigenvalue weighted by atomic mass is 32.2. The van der Waals surface area contributed by atoms with Crippen LogP contribution in [0.1, 0.15) is 33.6 Å². The van der Waals surface area contributed by atoms with E-state index in [1.807, 2.05) is 32.7 Å². The Morgan fingerprint density at radius 3 is 2.46 bits per heavy atom. The van der Waals surface area contributed by atoms with Gasteiger partial charge in [-0.3, -0.25) is 4.99 Å². The first kappa shape index (κ1) is 21.2. The molecule has 1 fully saturated rings. The number of hydrogen-bond acceptors (Lipinski definition) is 4. The fraction of sp³-hybridized carbons (Fsp3) is 0.938. The second kappa shape index (κ2) is 10.9. The molecule has 0 bridgehead atoms. The lowest BCUT2D eigenvalue weighted by molar-refractivity contribution is 0.115. The van der Waals surface area contributed by atoms with Crippen LogP contribution in [0.25, 0.3) is 0 Å². The highest BCUT2D eigenvalue weighted by Gasteiger charge is 2.21. The van der Waals surface area contributed by atoms with E-state index in [9.17, 15) is 8.42 Å². The molecule has 0 heterocycles. The highest BCUT2D eigenvalue weighted by molar-refractivity contribution is 7.89. The van der Waals surface area contributed by atoms with E-state index in [1.54, 1.807) is 0 Å². The summed E-state index contributed by atoms with van der Waals surface area (Å²) in [5.41, 5.74) is 0. The summed E-state index contributed by atoms with van der Waals surface area (Å²) >= 11 is 0. The highest BCUT2D eigenvalue weighted by Crippen LogP contribution is 2.28. The van der Waals surface area contributed by atoms with Crippen molar-refractivity contribution in [3.8, 4) is 0 Å². The van der Waals surface area contributed by atoms with E-state index in [2.05, 4.69) is 10.3 Å². The lowest BCUT2D eigenvalue weighted by Gasteiger charge is -2.22. The summed E-state index contributed by atoms with van der Waals surface area (Å²) in [6.45, 7) is 9.96. The molecule has 1 saturated carbocycles. The molecule has 0 unspecified atom stereocenters. The molecule has 0 aliphatic heterocycles. The number of likely N-dealkylation sites (N-methyl/N-ethyl adjacent to an activating group) is 1. The van der Waals surface area contributed by atoms with Gasteiger partial charge in [0.1, 0.15) is 0 Å². The molecular formula is C16H34N4O3S. The van der Waals surface area contributed by atoms with Crippen molar-refractivity contribution in [1.82, 2.24) is 14.5 Å². The number of sulfonamides is 1. The molecule has 1 N–H and O–H groups in total. The summed E-state index contributed by atoms with van der Waals surface area (Å²) in [6, 6.07) is 0. The third kappa shape index (κ3) is 7.81. The van der Waals surface area contributed by atoms with E-state index in [-0.39, 0.29) is 12.3 Å². The average Bonchev–Trinajstić information content (AvgIpc) is 3.35. The van der Waals surface area contributed by atoms with Crippen molar-refractivity contribution < 1.29 is 13.2 Å². The van der Waals surface area contributed by atoms with Crippen LogP contribution in [-0.4, -0.2) is 82.3 Å². The van der Waals surface area contributed by atoms with Gasteiger partial charge in [-0.15, -0.1) is 0 Å². The number of ether oxygens (including phenoxy) is 1. The van der Waals surface area contributed by atoms with E-state index in [4.69, 9.17) is 4.74 Å². The van der Waals surface area contributed by atoms with Gasteiger partial charge in [-0.2, -0.15) is 0 Å². The van der Waals surface area contributed by atoms with Crippen LogP contribution >= 0.6 is 0 Å². The smallest absolute Gasteiger partial charge is 0.215 e. The standard InChI is InChI=1S/C16H34N4O3S/c1-5-17-16(19(4)11-12-23-14-15-8-9-15)18-10-13-24(21,22)20(6-2)7-3/h15H,5-14H2,1-4H3,(H,17,18). The van der Waals surface area contributed by atoms with E-state index in [0.29, 0.717) is 19.7 Å². The van der Waals surface area contributed by atoms with E-state index >= 15 is 0 Å². The van der Waals surface area contributed by atoms with Gasteiger partial charge in [-0.05, 0) is 25.7 Å². The number of rotatable bonds is 12. The van der Waals surface area contributed by atoms with Gasteiger partial charge in [0.05, 0.1) is 18.9 Å². The Bertz CT molecular complexity index is 474. The summed E-state index contributed by atoms with van der Waals surface area (Å²) in [7, 11) is -1.28. The maximum Gasteiger partial charge on any atom is 0.215 e. The summed E-state index contributed by atoms with van der Waals surface area (Å²) in [5.74, 6) is 1.53. The molecule has 7 nitrogen and oxygen atoms in total. The Kier molecular flexibility index (Phi) is 9.61. The van der Waals surface area contributed by atoms with Crippen LogP contribution in [0.15, 0.2) is 4.99 Å². The van der Waals surface area contributed by atoms with Crippen LogP contribution in [0.3, 0.4) is 0 Å². The number of aliphatic imine (C=N–C) groups is 1. The van der Waals surface area contributed by atoms with Crippen molar-refractivity contribution in [2.75, 3.05) is 58.7 Å². The van der Waals surface area contributed by atoms with Crippen LogP contribution in [-0.2, 0) is 14.8 Å². The Hall–Kier alpha value is -0.860. The van der Waals surface area contributed by atoms with Crippen molar-refractivity contribution in [2.45, 2.75) is 33.6 Å². The molecule has 142 valence electrons. The van der Waals surface area contributed by atoms with Gasteiger partial charge in [0.25, 0.3) is 0 Å². The van der Waals surface area contributed by atoms with E-state index < -0.39 is 10.0 Å². The molecule has 0 aromatic carbocycles. The van der Waals surface area contributed by atoms with Crippen molar-refractivity contribution in [2.24, 2.45) is 10.9 Å². The summed E-state index contributed by atoms with van der Waals surface area (Å²) in [4.78, 5) is 6.43. The largest absolute Gasteiger partial charge is 0.379 e. The minimum Gasteiger partial charge on any atom is -0.379 e.